The lowest BCUT2D eigenvalue weighted by Crippen LogP contribution is -2.38. The highest BCUT2D eigenvalue weighted by Gasteiger charge is 2.47. The molecule has 0 bridgehead atoms. The molecular formula is C42H32BO2P. The fourth-order valence-electron chi connectivity index (χ4n) is 6.45. The van der Waals surface area contributed by atoms with E-state index in [4.69, 9.17) is 4.65 Å². The second-order valence-corrected chi connectivity index (χ2v) is 14.5. The SMILES string of the molecule is [O-]BOc1cccc2ccc3cc4ccccc4cc3c12.c1ccc([P+](c2ccccc2)(c2ccccc2)c2ccccc2)cc1. The van der Waals surface area contributed by atoms with Gasteiger partial charge in [-0.2, -0.15) is 0 Å². The van der Waals surface area contributed by atoms with Crippen molar-refractivity contribution in [2.75, 3.05) is 0 Å². The number of hydrogen-bond acceptors (Lipinski definition) is 2. The highest BCUT2D eigenvalue weighted by atomic mass is 31.2. The molecule has 46 heavy (non-hydrogen) atoms. The molecule has 0 saturated carbocycles. The number of hydrogen-bond donors (Lipinski definition) is 0. The first kappa shape index (κ1) is 29.5. The second kappa shape index (κ2) is 13.4. The summed E-state index contributed by atoms with van der Waals surface area (Å²) < 4.78 is 5.28. The molecule has 0 aliphatic heterocycles. The molecule has 220 valence electrons. The van der Waals surface area contributed by atoms with Crippen molar-refractivity contribution >= 4 is 68.5 Å². The van der Waals surface area contributed by atoms with E-state index in [1.807, 2.05) is 30.3 Å². The maximum absolute atomic E-state index is 10.9. The summed E-state index contributed by atoms with van der Waals surface area (Å²) in [7, 11) is -2.47. The fourth-order valence-corrected chi connectivity index (χ4v) is 10.7. The summed E-state index contributed by atoms with van der Waals surface area (Å²) in [6, 6.07) is 66.5. The van der Waals surface area contributed by atoms with E-state index < -0.39 is 14.9 Å². The Balaban J connectivity index is 0.000000149. The Morgan fingerprint density at radius 1 is 0.391 bits per heavy atom. The predicted octanol–water partition coefficient (Wildman–Crippen LogP) is 7.46. The molecule has 0 spiro atoms. The van der Waals surface area contributed by atoms with Crippen molar-refractivity contribution in [1.82, 2.24) is 0 Å². The van der Waals surface area contributed by atoms with Gasteiger partial charge in [-0.3, -0.25) is 0 Å². The molecule has 4 heteroatoms. The largest absolute Gasteiger partial charge is 0.849 e. The summed E-state index contributed by atoms with van der Waals surface area (Å²) in [5.41, 5.74) is 0. The van der Waals surface area contributed by atoms with E-state index in [1.54, 1.807) is 0 Å². The third kappa shape index (κ3) is 5.56. The van der Waals surface area contributed by atoms with E-state index in [-0.39, 0.29) is 0 Å². The second-order valence-electron chi connectivity index (χ2n) is 11.1. The van der Waals surface area contributed by atoms with Crippen molar-refractivity contribution in [1.29, 1.82) is 0 Å². The fraction of sp³-hybridized carbons (Fsp3) is 0. The average Bonchev–Trinajstić information content (AvgIpc) is 3.13. The van der Waals surface area contributed by atoms with Crippen molar-refractivity contribution in [2.24, 2.45) is 0 Å². The number of rotatable bonds is 6. The van der Waals surface area contributed by atoms with E-state index in [0.29, 0.717) is 5.75 Å². The average molecular weight is 611 g/mol. The van der Waals surface area contributed by atoms with E-state index in [9.17, 15) is 5.02 Å². The minimum Gasteiger partial charge on any atom is -0.849 e. The summed E-state index contributed by atoms with van der Waals surface area (Å²) in [5, 5.41) is 23.2. The van der Waals surface area contributed by atoms with Gasteiger partial charge in [0, 0.05) is 5.39 Å². The molecule has 8 rings (SSSR count). The van der Waals surface area contributed by atoms with Gasteiger partial charge in [0.15, 0.2) is 0 Å². The van der Waals surface area contributed by atoms with E-state index in [0.717, 1.165) is 21.5 Å². The van der Waals surface area contributed by atoms with Gasteiger partial charge in [-0.05, 0) is 93.7 Å². The quantitative estimate of drug-likeness (QED) is 0.0848. The van der Waals surface area contributed by atoms with Crippen LogP contribution in [0.5, 0.6) is 5.75 Å². The van der Waals surface area contributed by atoms with Gasteiger partial charge in [0.2, 0.25) is 7.69 Å². The Morgan fingerprint density at radius 2 is 0.804 bits per heavy atom. The van der Waals surface area contributed by atoms with Gasteiger partial charge in [-0.25, -0.2) is 0 Å². The summed E-state index contributed by atoms with van der Waals surface area (Å²) in [5.74, 6) is 0.656. The van der Waals surface area contributed by atoms with Crippen molar-refractivity contribution < 1.29 is 9.68 Å². The minimum absolute atomic E-state index is 0.566. The van der Waals surface area contributed by atoms with Crippen LogP contribution >= 0.6 is 7.26 Å². The molecule has 0 radical (unpaired) electrons. The lowest BCUT2D eigenvalue weighted by atomic mass is 9.97. The van der Waals surface area contributed by atoms with Gasteiger partial charge < -0.3 is 9.68 Å². The zero-order valence-electron chi connectivity index (χ0n) is 25.4. The van der Waals surface area contributed by atoms with Gasteiger partial charge in [0.1, 0.15) is 34.2 Å². The first-order valence-corrected chi connectivity index (χ1v) is 17.2. The molecule has 0 amide bonds. The normalized spacial score (nSPS) is 11.2. The molecule has 0 atom stereocenters. The van der Waals surface area contributed by atoms with Crippen LogP contribution in [-0.2, 0) is 0 Å². The molecule has 0 N–H and O–H groups in total. The van der Waals surface area contributed by atoms with Gasteiger partial charge >= 0.3 is 0 Å². The zero-order chi connectivity index (χ0) is 31.2. The highest BCUT2D eigenvalue weighted by Crippen LogP contribution is 2.54. The summed E-state index contributed by atoms with van der Waals surface area (Å²) in [6.45, 7) is 0. The molecule has 8 aromatic rings. The molecule has 0 heterocycles. The third-order valence-electron chi connectivity index (χ3n) is 8.48. The van der Waals surface area contributed by atoms with Gasteiger partial charge in [-0.15, -0.1) is 0 Å². The third-order valence-corrected chi connectivity index (χ3v) is 12.8. The van der Waals surface area contributed by atoms with Crippen molar-refractivity contribution in [2.45, 2.75) is 0 Å². The Hall–Kier alpha value is -5.21. The Bertz CT molecular complexity index is 2040. The number of fused-ring (bicyclic) bond motifs is 4. The minimum atomic E-state index is -1.91. The lowest BCUT2D eigenvalue weighted by Gasteiger charge is -2.27. The van der Waals surface area contributed by atoms with Crippen LogP contribution in [-0.4, -0.2) is 7.69 Å². The lowest BCUT2D eigenvalue weighted by molar-refractivity contribution is -0.198. The molecule has 2 nitrogen and oxygen atoms in total. The standard InChI is InChI=1S/C24H20P.C18H12BO2/c1-5-13-21(14-6-1)25(22-15-7-2-8-16-22,23-17-9-3-10-18-23)24-19-11-4-12-20-24;20-19-21-17-7-3-6-12-8-9-15-10-13-4-1-2-5-14(13)11-16(15)18(12)17/h1-20H;1-11,19H/q+1;-1. The molecular weight excluding hydrogens is 578 g/mol. The molecule has 0 unspecified atom stereocenters. The maximum Gasteiger partial charge on any atom is 0.232 e. The maximum atomic E-state index is 10.9. The summed E-state index contributed by atoms with van der Waals surface area (Å²) in [4.78, 5) is 0. The van der Waals surface area contributed by atoms with Gasteiger partial charge in [-0.1, -0.05) is 121 Å². The van der Waals surface area contributed by atoms with E-state index in [1.165, 1.54) is 32.0 Å². The monoisotopic (exact) mass is 610 g/mol. The predicted molar refractivity (Wildman–Crippen MR) is 198 cm³/mol. The van der Waals surface area contributed by atoms with Crippen LogP contribution < -0.4 is 30.9 Å². The van der Waals surface area contributed by atoms with Crippen LogP contribution in [0.15, 0.2) is 188 Å². The summed E-state index contributed by atoms with van der Waals surface area (Å²) in [6.07, 6.45) is 0. The topological polar surface area (TPSA) is 32.3 Å². The van der Waals surface area contributed by atoms with Crippen LogP contribution in [0.1, 0.15) is 0 Å². The Kier molecular flexibility index (Phi) is 8.61. The van der Waals surface area contributed by atoms with Crippen molar-refractivity contribution in [3.05, 3.63) is 188 Å². The van der Waals surface area contributed by atoms with Crippen molar-refractivity contribution in [3.63, 3.8) is 0 Å². The molecule has 0 aliphatic carbocycles. The van der Waals surface area contributed by atoms with Crippen LogP contribution in [0, 0.1) is 0 Å². The smallest absolute Gasteiger partial charge is 0.232 e. The number of benzene rings is 8. The van der Waals surface area contributed by atoms with Crippen LogP contribution in [0.2, 0.25) is 0 Å². The van der Waals surface area contributed by atoms with Crippen LogP contribution in [0.3, 0.4) is 0 Å². The van der Waals surface area contributed by atoms with Crippen molar-refractivity contribution in [3.8, 4) is 5.75 Å². The highest BCUT2D eigenvalue weighted by molar-refractivity contribution is 8.01. The first-order chi connectivity index (χ1) is 22.8. The van der Waals surface area contributed by atoms with Crippen LogP contribution in [0.25, 0.3) is 32.3 Å². The summed E-state index contributed by atoms with van der Waals surface area (Å²) >= 11 is 0. The van der Waals surface area contributed by atoms with Gasteiger partial charge in [0.05, 0.1) is 0 Å². The van der Waals surface area contributed by atoms with E-state index >= 15 is 0 Å². The van der Waals surface area contributed by atoms with E-state index in [2.05, 4.69) is 158 Å². The Morgan fingerprint density at radius 3 is 1.28 bits per heavy atom. The Labute approximate surface area is 271 Å². The molecule has 0 saturated heterocycles. The molecule has 0 aromatic heterocycles. The van der Waals surface area contributed by atoms with Gasteiger partial charge in [0.25, 0.3) is 0 Å². The zero-order valence-corrected chi connectivity index (χ0v) is 26.3. The molecule has 0 aliphatic rings. The van der Waals surface area contributed by atoms with Crippen LogP contribution in [0.4, 0.5) is 0 Å². The first-order valence-electron chi connectivity index (χ1n) is 15.5. The molecule has 8 aromatic carbocycles. The molecule has 0 fully saturated rings.